The van der Waals surface area contributed by atoms with E-state index in [4.69, 9.17) is 0 Å². The van der Waals surface area contributed by atoms with Crippen molar-refractivity contribution in [2.24, 2.45) is 0 Å². The molecule has 3 aromatic rings. The van der Waals surface area contributed by atoms with E-state index < -0.39 is 0 Å². The van der Waals surface area contributed by atoms with E-state index in [9.17, 15) is 4.79 Å². The summed E-state index contributed by atoms with van der Waals surface area (Å²) < 4.78 is 0. The summed E-state index contributed by atoms with van der Waals surface area (Å²) in [5.74, 6) is 0.669. The highest BCUT2D eigenvalue weighted by Gasteiger charge is 2.17. The number of carbonyl (C=O) groups is 1. The van der Waals surface area contributed by atoms with E-state index in [2.05, 4.69) is 27.4 Å². The number of nitrogens with zero attached hydrogens (tertiary/aromatic N) is 2. The number of thiophene rings is 1. The van der Waals surface area contributed by atoms with Gasteiger partial charge in [-0.15, -0.1) is 16.4 Å². The van der Waals surface area contributed by atoms with Crippen LogP contribution < -0.4 is 5.32 Å². The lowest BCUT2D eigenvalue weighted by Crippen LogP contribution is -2.22. The zero-order valence-electron chi connectivity index (χ0n) is 13.4. The molecule has 0 spiro atoms. The number of rotatable bonds is 6. The van der Waals surface area contributed by atoms with Gasteiger partial charge < -0.3 is 5.32 Å². The molecule has 0 saturated carbocycles. The van der Waals surface area contributed by atoms with Crippen LogP contribution in [0.5, 0.6) is 0 Å². The van der Waals surface area contributed by atoms with Crippen LogP contribution in [0.2, 0.25) is 0 Å². The molecule has 0 aliphatic rings. The second-order valence-corrected chi connectivity index (χ2v) is 7.50. The third-order valence-corrected chi connectivity index (χ3v) is 5.34. The predicted molar refractivity (Wildman–Crippen MR) is 99.5 cm³/mol. The molecule has 2 N–H and O–H groups in total. The molecule has 0 bridgehead atoms. The largest absolute Gasteiger partial charge is 0.325 e. The number of carbonyl (C=O) groups excluding carboxylic acids is 1. The van der Waals surface area contributed by atoms with Crippen molar-refractivity contribution in [3.63, 3.8) is 0 Å². The molecule has 1 amide bonds. The van der Waals surface area contributed by atoms with Crippen LogP contribution in [0.1, 0.15) is 19.4 Å². The van der Waals surface area contributed by atoms with Crippen LogP contribution in [-0.2, 0) is 11.2 Å². The quantitative estimate of drug-likeness (QED) is 0.647. The molecule has 7 heteroatoms. The van der Waals surface area contributed by atoms with Crippen molar-refractivity contribution in [3.8, 4) is 10.7 Å². The molecule has 3 rings (SSSR count). The van der Waals surface area contributed by atoms with Crippen molar-refractivity contribution in [2.75, 3.05) is 5.32 Å². The average molecular weight is 358 g/mol. The maximum absolute atomic E-state index is 12.3. The Kier molecular flexibility index (Phi) is 5.32. The van der Waals surface area contributed by atoms with Gasteiger partial charge in [-0.25, -0.2) is 4.98 Å². The minimum atomic E-state index is -0.289. The van der Waals surface area contributed by atoms with Crippen LogP contribution in [0.4, 0.5) is 5.69 Å². The second kappa shape index (κ2) is 7.63. The van der Waals surface area contributed by atoms with Gasteiger partial charge in [-0.2, -0.15) is 0 Å². The van der Waals surface area contributed by atoms with E-state index in [0.717, 1.165) is 22.8 Å². The number of thioether (sulfide) groups is 1. The van der Waals surface area contributed by atoms with E-state index in [-0.39, 0.29) is 11.2 Å². The summed E-state index contributed by atoms with van der Waals surface area (Å²) in [6, 6.07) is 11.8. The van der Waals surface area contributed by atoms with Crippen molar-refractivity contribution in [1.82, 2.24) is 15.2 Å². The maximum Gasteiger partial charge on any atom is 0.237 e. The third-order valence-electron chi connectivity index (χ3n) is 3.50. The summed E-state index contributed by atoms with van der Waals surface area (Å²) in [6.07, 6.45) is 0.984. The molecule has 0 radical (unpaired) electrons. The molecule has 124 valence electrons. The number of nitrogens with one attached hydrogen (secondary N) is 2. The lowest BCUT2D eigenvalue weighted by atomic mass is 10.1. The molecule has 0 saturated heterocycles. The van der Waals surface area contributed by atoms with E-state index >= 15 is 0 Å². The fourth-order valence-electron chi connectivity index (χ4n) is 2.10. The van der Waals surface area contributed by atoms with Crippen molar-refractivity contribution in [3.05, 3.63) is 47.3 Å². The number of anilines is 1. The van der Waals surface area contributed by atoms with Crippen LogP contribution >= 0.6 is 23.1 Å². The zero-order chi connectivity index (χ0) is 16.9. The first-order valence-corrected chi connectivity index (χ1v) is 9.44. The highest BCUT2D eigenvalue weighted by atomic mass is 32.2. The summed E-state index contributed by atoms with van der Waals surface area (Å²) in [6.45, 7) is 3.95. The second-order valence-electron chi connectivity index (χ2n) is 5.24. The van der Waals surface area contributed by atoms with Crippen LogP contribution in [0.25, 0.3) is 10.7 Å². The van der Waals surface area contributed by atoms with Crippen LogP contribution in [0.15, 0.2) is 46.9 Å². The first-order chi connectivity index (χ1) is 11.7. The number of benzene rings is 1. The summed E-state index contributed by atoms with van der Waals surface area (Å²) in [5.41, 5.74) is 2.05. The van der Waals surface area contributed by atoms with Gasteiger partial charge in [0.2, 0.25) is 11.1 Å². The molecule has 1 aromatic carbocycles. The molecular weight excluding hydrogens is 340 g/mol. The Balaban J connectivity index is 1.59. The van der Waals surface area contributed by atoms with Gasteiger partial charge in [0, 0.05) is 5.69 Å². The highest BCUT2D eigenvalue weighted by Crippen LogP contribution is 2.25. The van der Waals surface area contributed by atoms with E-state index in [0.29, 0.717) is 5.16 Å². The van der Waals surface area contributed by atoms with E-state index in [1.807, 2.05) is 48.7 Å². The summed E-state index contributed by atoms with van der Waals surface area (Å²) in [7, 11) is 0. The first-order valence-electron chi connectivity index (χ1n) is 7.68. The minimum absolute atomic E-state index is 0.0632. The van der Waals surface area contributed by atoms with Crippen LogP contribution in [0.3, 0.4) is 0 Å². The van der Waals surface area contributed by atoms with Crippen molar-refractivity contribution in [2.45, 2.75) is 30.7 Å². The normalized spacial score (nSPS) is 12.1. The molecule has 2 heterocycles. The molecule has 24 heavy (non-hydrogen) atoms. The highest BCUT2D eigenvalue weighted by molar-refractivity contribution is 8.00. The van der Waals surface area contributed by atoms with Crippen molar-refractivity contribution >= 4 is 34.7 Å². The summed E-state index contributed by atoms with van der Waals surface area (Å²) in [5, 5.41) is 12.3. The number of aromatic amines is 1. The van der Waals surface area contributed by atoms with Gasteiger partial charge >= 0.3 is 0 Å². The van der Waals surface area contributed by atoms with Gasteiger partial charge in [0.05, 0.1) is 10.1 Å². The third kappa shape index (κ3) is 4.04. The first kappa shape index (κ1) is 16.7. The van der Waals surface area contributed by atoms with Crippen LogP contribution in [-0.4, -0.2) is 26.3 Å². The number of aryl methyl sites for hydroxylation is 1. The van der Waals surface area contributed by atoms with Gasteiger partial charge in [-0.1, -0.05) is 36.9 Å². The zero-order valence-corrected chi connectivity index (χ0v) is 15.1. The SMILES string of the molecule is CCc1ccc(NC(=O)[C@H](C)Sc2n[nH]c(-c3cccs3)n2)cc1. The molecule has 1 atom stereocenters. The molecular formula is C17H18N4OS2. The Morgan fingerprint density at radius 1 is 1.33 bits per heavy atom. The number of hydrogen-bond acceptors (Lipinski definition) is 5. The Morgan fingerprint density at radius 2 is 2.12 bits per heavy atom. The lowest BCUT2D eigenvalue weighted by Gasteiger charge is -2.10. The monoisotopic (exact) mass is 358 g/mol. The van der Waals surface area contributed by atoms with Crippen LogP contribution in [0, 0.1) is 0 Å². The Hall–Kier alpha value is -2.12. The molecule has 5 nitrogen and oxygen atoms in total. The Bertz CT molecular complexity index is 796. The summed E-state index contributed by atoms with van der Waals surface area (Å²) >= 11 is 2.93. The Labute approximate surface area is 148 Å². The number of aromatic nitrogens is 3. The number of H-pyrrole nitrogens is 1. The van der Waals surface area contributed by atoms with Crippen molar-refractivity contribution in [1.29, 1.82) is 0 Å². The fraction of sp³-hybridized carbons (Fsp3) is 0.235. The number of amides is 1. The molecule has 0 aliphatic heterocycles. The van der Waals surface area contributed by atoms with Gasteiger partial charge in [0.25, 0.3) is 0 Å². The topological polar surface area (TPSA) is 70.7 Å². The maximum atomic E-state index is 12.3. The van der Waals surface area contributed by atoms with E-state index in [1.165, 1.54) is 17.3 Å². The lowest BCUT2D eigenvalue weighted by molar-refractivity contribution is -0.115. The van der Waals surface area contributed by atoms with Gasteiger partial charge in [-0.3, -0.25) is 9.89 Å². The Morgan fingerprint density at radius 3 is 2.79 bits per heavy atom. The standard InChI is InChI=1S/C17H18N4OS2/c1-3-12-6-8-13(9-7-12)18-16(22)11(2)24-17-19-15(20-21-17)14-5-4-10-23-14/h4-11H,3H2,1-2H3,(H,18,22)(H,19,20,21)/t11-/m0/s1. The molecule has 0 aliphatic carbocycles. The van der Waals surface area contributed by atoms with E-state index in [1.54, 1.807) is 11.3 Å². The van der Waals surface area contributed by atoms with Gasteiger partial charge in [0.15, 0.2) is 5.82 Å². The number of hydrogen-bond donors (Lipinski definition) is 2. The predicted octanol–water partition coefficient (Wildman–Crippen LogP) is 4.21. The van der Waals surface area contributed by atoms with Gasteiger partial charge in [0.1, 0.15) is 0 Å². The van der Waals surface area contributed by atoms with Crippen molar-refractivity contribution < 1.29 is 4.79 Å². The molecule has 2 aromatic heterocycles. The minimum Gasteiger partial charge on any atom is -0.325 e. The van der Waals surface area contributed by atoms with Gasteiger partial charge in [-0.05, 0) is 42.5 Å². The summed E-state index contributed by atoms with van der Waals surface area (Å²) in [4.78, 5) is 17.8. The smallest absolute Gasteiger partial charge is 0.237 e. The average Bonchev–Trinajstić information content (AvgIpc) is 3.26. The molecule has 0 fully saturated rings. The fourth-order valence-corrected chi connectivity index (χ4v) is 3.49. The molecule has 0 unspecified atom stereocenters.